The van der Waals surface area contributed by atoms with E-state index in [1.807, 2.05) is 0 Å². The molecule has 70 valence electrons. The van der Waals surface area contributed by atoms with Crippen LogP contribution in [0.25, 0.3) is 0 Å². The summed E-state index contributed by atoms with van der Waals surface area (Å²) in [5.41, 5.74) is 0. The average Bonchev–Trinajstić information content (AvgIpc) is 2.09. The van der Waals surface area contributed by atoms with Gasteiger partial charge in [-0.3, -0.25) is 0 Å². The molecule has 0 unspecified atom stereocenters. The molecule has 0 aromatic carbocycles. The van der Waals surface area contributed by atoms with Crippen molar-refractivity contribution in [1.29, 1.82) is 0 Å². The molecule has 0 aliphatic carbocycles. The van der Waals surface area contributed by atoms with Gasteiger partial charge in [-0.2, -0.15) is 0 Å². The van der Waals surface area contributed by atoms with Crippen LogP contribution in [-0.2, 0) is 14.3 Å². The Bertz CT molecular complexity index is 268. The summed E-state index contributed by atoms with van der Waals surface area (Å²) < 4.78 is 4.42. The second-order valence-electron chi connectivity index (χ2n) is 1.79. The molecule has 0 aliphatic rings. The Balaban J connectivity index is 3.70. The van der Waals surface area contributed by atoms with Gasteiger partial charge in [0.05, 0.1) is 0 Å². The van der Waals surface area contributed by atoms with Crippen LogP contribution >= 0.6 is 0 Å². The molecule has 0 atom stereocenters. The number of carbonyl (C=O) groups excluding carboxylic acids is 1. The second kappa shape index (κ2) is 6.88. The monoisotopic (exact) mass is 184 g/mol. The van der Waals surface area contributed by atoms with Crippen LogP contribution in [0.3, 0.4) is 0 Å². The summed E-state index contributed by atoms with van der Waals surface area (Å²) in [5.74, 6) is 2.58. The van der Waals surface area contributed by atoms with E-state index >= 15 is 0 Å². The number of esters is 1. The second-order valence-corrected chi connectivity index (χ2v) is 1.79. The quantitative estimate of drug-likeness (QED) is 0.339. The van der Waals surface area contributed by atoms with Crippen molar-refractivity contribution in [2.75, 3.05) is 13.2 Å². The summed E-state index contributed by atoms with van der Waals surface area (Å²) >= 11 is 0. The van der Waals surface area contributed by atoms with Crippen molar-refractivity contribution in [3.05, 3.63) is 12.2 Å². The van der Waals surface area contributed by atoms with Crippen molar-refractivity contribution in [3.8, 4) is 11.8 Å². The van der Waals surface area contributed by atoms with Crippen LogP contribution in [0.5, 0.6) is 0 Å². The first-order chi connectivity index (χ1) is 6.16. The number of ether oxygens (including phenoxy) is 1. The Morgan fingerprint density at radius 1 is 1.31 bits per heavy atom. The minimum Gasteiger partial charge on any atom is -0.478 e. The van der Waals surface area contributed by atoms with E-state index in [1.54, 1.807) is 0 Å². The molecule has 0 bridgehead atoms. The van der Waals surface area contributed by atoms with Gasteiger partial charge in [-0.1, -0.05) is 11.8 Å². The van der Waals surface area contributed by atoms with Crippen molar-refractivity contribution in [2.24, 2.45) is 0 Å². The van der Waals surface area contributed by atoms with E-state index in [1.165, 1.54) is 0 Å². The number of carbonyl (C=O) groups is 2. The van der Waals surface area contributed by atoms with Crippen LogP contribution < -0.4 is 0 Å². The Morgan fingerprint density at radius 3 is 2.54 bits per heavy atom. The fraction of sp³-hybridized carbons (Fsp3) is 0.250. The Hall–Kier alpha value is -1.80. The molecule has 0 aromatic rings. The minimum absolute atomic E-state index is 0.163. The van der Waals surface area contributed by atoms with Gasteiger partial charge in [-0.25, -0.2) is 9.59 Å². The first-order valence-electron chi connectivity index (χ1n) is 3.31. The molecular formula is C8H8O5. The largest absolute Gasteiger partial charge is 0.478 e. The molecule has 0 aliphatic heterocycles. The number of aliphatic hydroxyl groups excluding tert-OH is 1. The summed E-state index contributed by atoms with van der Waals surface area (Å²) in [6.45, 7) is -0.466. The number of hydrogen-bond acceptors (Lipinski definition) is 4. The Labute approximate surface area is 74.6 Å². The van der Waals surface area contributed by atoms with Crippen LogP contribution in [0.1, 0.15) is 0 Å². The molecule has 0 saturated carbocycles. The number of aliphatic carboxylic acids is 1. The predicted molar refractivity (Wildman–Crippen MR) is 42.6 cm³/mol. The highest BCUT2D eigenvalue weighted by Crippen LogP contribution is 1.80. The van der Waals surface area contributed by atoms with Crippen molar-refractivity contribution in [1.82, 2.24) is 0 Å². The van der Waals surface area contributed by atoms with E-state index in [0.717, 1.165) is 6.08 Å². The molecule has 0 saturated heterocycles. The fourth-order valence-corrected chi connectivity index (χ4v) is 0.402. The molecule has 5 heteroatoms. The van der Waals surface area contributed by atoms with Gasteiger partial charge in [-0.05, 0) is 0 Å². The van der Waals surface area contributed by atoms with Crippen LogP contribution in [0.4, 0.5) is 0 Å². The summed E-state index contributed by atoms with van der Waals surface area (Å²) in [6, 6.07) is 0. The lowest BCUT2D eigenvalue weighted by Crippen LogP contribution is -2.01. The maximum Gasteiger partial charge on any atom is 0.331 e. The van der Waals surface area contributed by atoms with Crippen LogP contribution in [0.15, 0.2) is 12.2 Å². The molecule has 0 fully saturated rings. The van der Waals surface area contributed by atoms with Gasteiger partial charge in [-0.15, -0.1) is 0 Å². The van der Waals surface area contributed by atoms with Crippen LogP contribution in [0.2, 0.25) is 0 Å². The molecule has 0 spiro atoms. The topological polar surface area (TPSA) is 83.8 Å². The zero-order valence-electron chi connectivity index (χ0n) is 6.69. The first-order valence-corrected chi connectivity index (χ1v) is 3.31. The molecule has 2 N–H and O–H groups in total. The fourth-order valence-electron chi connectivity index (χ4n) is 0.402. The van der Waals surface area contributed by atoms with Crippen molar-refractivity contribution >= 4 is 11.9 Å². The highest BCUT2D eigenvalue weighted by atomic mass is 16.5. The lowest BCUT2D eigenvalue weighted by molar-refractivity contribution is -0.137. The molecule has 0 heterocycles. The summed E-state index contributed by atoms with van der Waals surface area (Å²) in [7, 11) is 0. The highest BCUT2D eigenvalue weighted by Gasteiger charge is 1.95. The van der Waals surface area contributed by atoms with Gasteiger partial charge >= 0.3 is 11.9 Å². The molecule has 0 amide bonds. The smallest absolute Gasteiger partial charge is 0.331 e. The summed E-state index contributed by atoms with van der Waals surface area (Å²) in [4.78, 5) is 20.5. The normalized spacial score (nSPS) is 9.00. The van der Waals surface area contributed by atoms with E-state index in [9.17, 15) is 9.59 Å². The molecular weight excluding hydrogens is 176 g/mol. The SMILES string of the molecule is O=C(O)C=CC(=O)OCC#CCO. The van der Waals surface area contributed by atoms with Gasteiger partial charge < -0.3 is 14.9 Å². The maximum absolute atomic E-state index is 10.6. The zero-order chi connectivity index (χ0) is 10.1. The number of carboxylic acid groups (broad SMARTS) is 1. The van der Waals surface area contributed by atoms with Gasteiger partial charge in [0.25, 0.3) is 0 Å². The van der Waals surface area contributed by atoms with Crippen molar-refractivity contribution in [2.45, 2.75) is 0 Å². The third-order valence-corrected chi connectivity index (χ3v) is 0.853. The third kappa shape index (κ3) is 8.10. The van der Waals surface area contributed by atoms with Gasteiger partial charge in [0, 0.05) is 12.2 Å². The Morgan fingerprint density at radius 2 is 2.00 bits per heavy atom. The maximum atomic E-state index is 10.6. The minimum atomic E-state index is -1.22. The van der Waals surface area contributed by atoms with Crippen LogP contribution in [0, 0.1) is 11.8 Å². The highest BCUT2D eigenvalue weighted by molar-refractivity contribution is 5.90. The molecule has 0 rings (SSSR count). The van der Waals surface area contributed by atoms with E-state index in [-0.39, 0.29) is 13.2 Å². The number of aliphatic hydroxyl groups is 1. The molecule has 13 heavy (non-hydrogen) atoms. The zero-order valence-corrected chi connectivity index (χ0v) is 6.69. The van der Waals surface area contributed by atoms with Crippen molar-refractivity contribution in [3.63, 3.8) is 0 Å². The van der Waals surface area contributed by atoms with Gasteiger partial charge in [0.1, 0.15) is 6.61 Å². The Kier molecular flexibility index (Phi) is 5.93. The number of hydrogen-bond donors (Lipinski definition) is 2. The summed E-state index contributed by atoms with van der Waals surface area (Å²) in [6.07, 6.45) is 1.45. The average molecular weight is 184 g/mol. The number of rotatable bonds is 3. The number of carboxylic acids is 1. The third-order valence-electron chi connectivity index (χ3n) is 0.853. The lowest BCUT2D eigenvalue weighted by atomic mass is 10.5. The standard InChI is InChI=1S/C8H8O5/c9-5-1-2-6-13-8(12)4-3-7(10)11/h3-4,9H,5-6H2,(H,10,11). The first kappa shape index (κ1) is 11.2. The van der Waals surface area contributed by atoms with Gasteiger partial charge in [0.2, 0.25) is 0 Å². The van der Waals surface area contributed by atoms with Crippen LogP contribution in [-0.4, -0.2) is 35.4 Å². The van der Waals surface area contributed by atoms with E-state index in [2.05, 4.69) is 16.6 Å². The summed E-state index contributed by atoms with van der Waals surface area (Å²) in [5, 5.41) is 16.3. The molecule has 5 nitrogen and oxygen atoms in total. The van der Waals surface area contributed by atoms with E-state index in [4.69, 9.17) is 10.2 Å². The lowest BCUT2D eigenvalue weighted by Gasteiger charge is -1.92. The molecule has 0 radical (unpaired) electrons. The predicted octanol–water partition coefficient (Wildman–Crippen LogP) is -0.834. The van der Waals surface area contributed by atoms with Gasteiger partial charge in [0.15, 0.2) is 6.61 Å². The van der Waals surface area contributed by atoms with E-state index in [0.29, 0.717) is 6.08 Å². The van der Waals surface area contributed by atoms with Crippen molar-refractivity contribution < 1.29 is 24.5 Å². The molecule has 0 aromatic heterocycles. The van der Waals surface area contributed by atoms with E-state index < -0.39 is 11.9 Å².